The Balaban J connectivity index is 1.39. The lowest BCUT2D eigenvalue weighted by Crippen LogP contribution is -2.19. The first-order valence-corrected chi connectivity index (χ1v) is 11.5. The van der Waals surface area contributed by atoms with Gasteiger partial charge in [0, 0.05) is 11.4 Å². The number of nitrogens with zero attached hydrogens (tertiary/aromatic N) is 1. The minimum atomic E-state index is -4.73. The maximum absolute atomic E-state index is 13.6. The normalized spacial score (nSPS) is 11.5. The van der Waals surface area contributed by atoms with E-state index in [0.29, 0.717) is 5.75 Å². The molecule has 0 bridgehead atoms. The molecule has 0 unspecified atom stereocenters. The van der Waals surface area contributed by atoms with Crippen LogP contribution in [-0.2, 0) is 16.7 Å². The number of para-hydroxylation sites is 1. The second-order valence-corrected chi connectivity index (χ2v) is 8.91. The highest BCUT2D eigenvalue weighted by molar-refractivity contribution is 7.99. The van der Waals surface area contributed by atoms with Crippen molar-refractivity contribution in [2.24, 2.45) is 0 Å². The molecule has 4 rings (SSSR count). The van der Waals surface area contributed by atoms with Gasteiger partial charge in [0.05, 0.1) is 33.5 Å². The quantitative estimate of drug-likeness (QED) is 0.330. The third kappa shape index (κ3) is 5.74. The SMILES string of the molecule is O=C(CSCc1nc2ccccc2s1)Nc1ccc(NC(=O)c2ccco2)cc1C(F)(F)F. The Kier molecular flexibility index (Phi) is 6.70. The Labute approximate surface area is 194 Å². The summed E-state index contributed by atoms with van der Waals surface area (Å²) in [6.45, 7) is 0. The number of amides is 2. The molecule has 4 aromatic rings. The molecule has 0 fully saturated rings. The molecule has 0 atom stereocenters. The van der Waals surface area contributed by atoms with E-state index in [9.17, 15) is 22.8 Å². The standard InChI is InChI=1S/C22H16F3N3O3S2/c23-22(24,25)14-10-13(26-21(30)17-5-3-9-31-17)7-8-15(14)27-19(29)11-32-12-20-28-16-4-1-2-6-18(16)33-20/h1-10H,11-12H2,(H,26,30)(H,27,29). The van der Waals surface area contributed by atoms with Gasteiger partial charge in [-0.05, 0) is 42.5 Å². The van der Waals surface area contributed by atoms with E-state index in [-0.39, 0.29) is 22.9 Å². The molecule has 6 nitrogen and oxygen atoms in total. The summed E-state index contributed by atoms with van der Waals surface area (Å²) in [5.41, 5.74) is -0.656. The number of carbonyl (C=O) groups excluding carboxylic acids is 2. The lowest BCUT2D eigenvalue weighted by molar-refractivity contribution is -0.136. The molecular formula is C22H16F3N3O3S2. The van der Waals surface area contributed by atoms with Crippen LogP contribution in [0.5, 0.6) is 0 Å². The Hall–Kier alpha value is -3.31. The van der Waals surface area contributed by atoms with Crippen molar-refractivity contribution >= 4 is 56.5 Å². The monoisotopic (exact) mass is 491 g/mol. The molecule has 33 heavy (non-hydrogen) atoms. The molecule has 0 saturated heterocycles. The number of thiazole rings is 1. The van der Waals surface area contributed by atoms with Gasteiger partial charge in [-0.15, -0.1) is 23.1 Å². The van der Waals surface area contributed by atoms with Gasteiger partial charge in [0.15, 0.2) is 5.76 Å². The van der Waals surface area contributed by atoms with E-state index in [0.717, 1.165) is 27.4 Å². The predicted molar refractivity (Wildman–Crippen MR) is 123 cm³/mol. The zero-order valence-electron chi connectivity index (χ0n) is 16.8. The first-order chi connectivity index (χ1) is 15.8. The third-order valence-corrected chi connectivity index (χ3v) is 6.56. The van der Waals surface area contributed by atoms with Crippen molar-refractivity contribution in [2.75, 3.05) is 16.4 Å². The van der Waals surface area contributed by atoms with Crippen molar-refractivity contribution in [1.82, 2.24) is 4.98 Å². The fraction of sp³-hybridized carbons (Fsp3) is 0.136. The van der Waals surface area contributed by atoms with Crippen LogP contribution in [0.4, 0.5) is 24.5 Å². The summed E-state index contributed by atoms with van der Waals surface area (Å²) >= 11 is 2.77. The Morgan fingerprint density at radius 3 is 2.61 bits per heavy atom. The van der Waals surface area contributed by atoms with Crippen molar-refractivity contribution in [3.63, 3.8) is 0 Å². The number of fused-ring (bicyclic) bond motifs is 1. The summed E-state index contributed by atoms with van der Waals surface area (Å²) < 4.78 is 46.7. The van der Waals surface area contributed by atoms with Crippen molar-refractivity contribution in [3.8, 4) is 0 Å². The average Bonchev–Trinajstić information content (AvgIpc) is 3.44. The van der Waals surface area contributed by atoms with Crippen molar-refractivity contribution in [2.45, 2.75) is 11.9 Å². The van der Waals surface area contributed by atoms with Crippen LogP contribution in [0.3, 0.4) is 0 Å². The summed E-state index contributed by atoms with van der Waals surface area (Å²) in [6, 6.07) is 13.7. The topological polar surface area (TPSA) is 84.2 Å². The Morgan fingerprint density at radius 1 is 1.06 bits per heavy atom. The number of aromatic nitrogens is 1. The number of halogens is 3. The lowest BCUT2D eigenvalue weighted by atomic mass is 10.1. The number of hydrogen-bond donors (Lipinski definition) is 2. The predicted octanol–water partition coefficient (Wildman–Crippen LogP) is 6.03. The van der Waals surface area contributed by atoms with E-state index in [1.807, 2.05) is 24.3 Å². The molecular weight excluding hydrogens is 475 g/mol. The van der Waals surface area contributed by atoms with E-state index < -0.39 is 23.6 Å². The lowest BCUT2D eigenvalue weighted by Gasteiger charge is -2.15. The molecule has 0 radical (unpaired) electrons. The Bertz CT molecular complexity index is 1250. The van der Waals surface area contributed by atoms with E-state index in [4.69, 9.17) is 4.42 Å². The molecule has 11 heteroatoms. The zero-order valence-corrected chi connectivity index (χ0v) is 18.4. The molecule has 2 aromatic carbocycles. The number of hydrogen-bond acceptors (Lipinski definition) is 6. The number of carbonyl (C=O) groups is 2. The van der Waals surface area contributed by atoms with Crippen LogP contribution < -0.4 is 10.6 Å². The van der Waals surface area contributed by atoms with E-state index in [1.54, 1.807) is 0 Å². The number of anilines is 2. The highest BCUT2D eigenvalue weighted by Crippen LogP contribution is 2.37. The number of thioether (sulfide) groups is 1. The molecule has 0 spiro atoms. The van der Waals surface area contributed by atoms with Crippen LogP contribution >= 0.6 is 23.1 Å². The average molecular weight is 492 g/mol. The summed E-state index contributed by atoms with van der Waals surface area (Å²) in [6.07, 6.45) is -3.45. The van der Waals surface area contributed by atoms with Crippen molar-refractivity contribution < 1.29 is 27.2 Å². The zero-order chi connectivity index (χ0) is 23.4. The largest absolute Gasteiger partial charge is 0.459 e. The van der Waals surface area contributed by atoms with Crippen molar-refractivity contribution in [3.05, 3.63) is 77.2 Å². The minimum absolute atomic E-state index is 0.0360. The minimum Gasteiger partial charge on any atom is -0.459 e. The van der Waals surface area contributed by atoms with Gasteiger partial charge in [0.2, 0.25) is 5.91 Å². The van der Waals surface area contributed by atoms with Crippen LogP contribution in [0.15, 0.2) is 65.3 Å². The number of alkyl halides is 3. The van der Waals surface area contributed by atoms with Crippen LogP contribution in [0.25, 0.3) is 10.2 Å². The smallest absolute Gasteiger partial charge is 0.418 e. The number of furan rings is 1. The maximum atomic E-state index is 13.6. The Morgan fingerprint density at radius 2 is 1.88 bits per heavy atom. The summed E-state index contributed by atoms with van der Waals surface area (Å²) in [5.74, 6) is -0.859. The molecule has 170 valence electrons. The fourth-order valence-electron chi connectivity index (χ4n) is 2.96. The molecule has 2 heterocycles. The van der Waals surface area contributed by atoms with E-state index in [2.05, 4.69) is 15.6 Å². The number of benzene rings is 2. The first kappa shape index (κ1) is 22.9. The van der Waals surface area contributed by atoms with Gasteiger partial charge in [-0.1, -0.05) is 12.1 Å². The summed E-state index contributed by atoms with van der Waals surface area (Å²) in [4.78, 5) is 28.8. The molecule has 2 amide bonds. The molecule has 0 aliphatic rings. The van der Waals surface area contributed by atoms with Gasteiger partial charge >= 0.3 is 6.18 Å². The van der Waals surface area contributed by atoms with E-state index >= 15 is 0 Å². The maximum Gasteiger partial charge on any atom is 0.418 e. The third-order valence-electron chi connectivity index (χ3n) is 4.40. The van der Waals surface area contributed by atoms with Gasteiger partial charge in [0.1, 0.15) is 5.01 Å². The van der Waals surface area contributed by atoms with Crippen LogP contribution in [0.2, 0.25) is 0 Å². The van der Waals surface area contributed by atoms with Gasteiger partial charge in [-0.3, -0.25) is 9.59 Å². The highest BCUT2D eigenvalue weighted by Gasteiger charge is 2.34. The second kappa shape index (κ2) is 9.67. The van der Waals surface area contributed by atoms with Crippen LogP contribution in [0.1, 0.15) is 21.1 Å². The number of nitrogens with one attached hydrogen (secondary N) is 2. The van der Waals surface area contributed by atoms with Crippen LogP contribution in [0, 0.1) is 0 Å². The molecule has 0 saturated carbocycles. The fourth-order valence-corrected chi connectivity index (χ4v) is 4.81. The molecule has 2 aromatic heterocycles. The second-order valence-electron chi connectivity index (χ2n) is 6.81. The highest BCUT2D eigenvalue weighted by atomic mass is 32.2. The summed E-state index contributed by atoms with van der Waals surface area (Å²) in [5, 5.41) is 5.49. The number of rotatable bonds is 7. The van der Waals surface area contributed by atoms with Crippen molar-refractivity contribution in [1.29, 1.82) is 0 Å². The van der Waals surface area contributed by atoms with Gasteiger partial charge in [-0.2, -0.15) is 13.2 Å². The molecule has 2 N–H and O–H groups in total. The molecule has 0 aliphatic carbocycles. The van der Waals surface area contributed by atoms with E-state index in [1.165, 1.54) is 47.6 Å². The van der Waals surface area contributed by atoms with Gasteiger partial charge in [0.25, 0.3) is 5.91 Å². The van der Waals surface area contributed by atoms with Gasteiger partial charge in [-0.25, -0.2) is 4.98 Å². The van der Waals surface area contributed by atoms with Gasteiger partial charge < -0.3 is 15.1 Å². The van der Waals surface area contributed by atoms with Crippen LogP contribution in [-0.4, -0.2) is 22.6 Å². The summed E-state index contributed by atoms with van der Waals surface area (Å²) in [7, 11) is 0. The first-order valence-electron chi connectivity index (χ1n) is 9.58. The molecule has 0 aliphatic heterocycles.